The number of alkyl halides is 1. The molecule has 0 aliphatic rings. The van der Waals surface area contributed by atoms with E-state index >= 15 is 0 Å². The van der Waals surface area contributed by atoms with Crippen LogP contribution in [0.2, 0.25) is 0 Å². The minimum absolute atomic E-state index is 0.266. The van der Waals surface area contributed by atoms with E-state index in [1.54, 1.807) is 0 Å². The van der Waals surface area contributed by atoms with Gasteiger partial charge < -0.3 is 10.5 Å². The maximum absolute atomic E-state index is 12.3. The molecule has 0 atom stereocenters. The van der Waals surface area contributed by atoms with Crippen LogP contribution in [0.25, 0.3) is 0 Å². The molecule has 0 fully saturated rings. The van der Waals surface area contributed by atoms with Gasteiger partial charge in [0, 0.05) is 4.75 Å². The van der Waals surface area contributed by atoms with Crippen LogP contribution in [0.1, 0.15) is 37.8 Å². The topological polar surface area (TPSA) is 35.2 Å². The van der Waals surface area contributed by atoms with Gasteiger partial charge in [-0.05, 0) is 62.9 Å². The summed E-state index contributed by atoms with van der Waals surface area (Å²) in [5.41, 5.74) is 7.67. The van der Waals surface area contributed by atoms with Crippen molar-refractivity contribution < 1.29 is 9.13 Å². The molecule has 0 radical (unpaired) electrons. The molecule has 0 aromatic heterocycles. The molecule has 102 valence electrons. The second-order valence-electron chi connectivity index (χ2n) is 4.92. The zero-order chi connectivity index (χ0) is 13.6. The highest BCUT2D eigenvalue weighted by Crippen LogP contribution is 2.31. The zero-order valence-corrected chi connectivity index (χ0v) is 12.0. The highest BCUT2D eigenvalue weighted by Gasteiger charge is 2.16. The maximum Gasteiger partial charge on any atom is 0.228 e. The van der Waals surface area contributed by atoms with Crippen molar-refractivity contribution in [1.29, 1.82) is 0 Å². The van der Waals surface area contributed by atoms with Crippen molar-refractivity contribution in [1.82, 2.24) is 0 Å². The molecule has 0 heterocycles. The average molecular weight is 271 g/mol. The minimum atomic E-state index is -0.807. The summed E-state index contributed by atoms with van der Waals surface area (Å²) in [6.07, 6.45) is 2.95. The molecule has 0 unspecified atom stereocenters. The summed E-state index contributed by atoms with van der Waals surface area (Å²) in [6, 6.07) is 5.84. The summed E-state index contributed by atoms with van der Waals surface area (Å²) < 4.78 is 17.0. The van der Waals surface area contributed by atoms with Crippen LogP contribution in [-0.2, 0) is 11.2 Å². The van der Waals surface area contributed by atoms with Crippen LogP contribution < -0.4 is 10.5 Å². The van der Waals surface area contributed by atoms with Crippen molar-refractivity contribution in [3.8, 4) is 5.75 Å². The Morgan fingerprint density at radius 1 is 1.28 bits per heavy atom. The van der Waals surface area contributed by atoms with Gasteiger partial charge in [-0.3, -0.25) is 0 Å². The number of unbranched alkanes of at least 4 members (excludes halogenated alkanes) is 1. The van der Waals surface area contributed by atoms with Gasteiger partial charge in [0.25, 0.3) is 0 Å². The molecule has 0 bridgehead atoms. The second-order valence-corrected chi connectivity index (χ2v) is 6.04. The normalized spacial score (nSPS) is 11.6. The second kappa shape index (κ2) is 7.00. The summed E-state index contributed by atoms with van der Waals surface area (Å²) in [5.74, 6) is 0.569. The number of rotatable bonds is 7. The number of hydrogen-bond donors (Lipinski definition) is 2. The third-order valence-corrected chi connectivity index (χ3v) is 3.07. The Balaban J connectivity index is 2.91. The van der Waals surface area contributed by atoms with Crippen molar-refractivity contribution in [3.05, 3.63) is 29.3 Å². The minimum Gasteiger partial charge on any atom is -0.463 e. The number of aryl methyl sites for hydroxylation is 1. The molecule has 0 spiro atoms. The van der Waals surface area contributed by atoms with Gasteiger partial charge in [0.2, 0.25) is 6.86 Å². The van der Waals surface area contributed by atoms with Crippen molar-refractivity contribution in [2.45, 2.75) is 37.9 Å². The molecular formula is C14H22FNOS. The molecule has 0 saturated carbocycles. The summed E-state index contributed by atoms with van der Waals surface area (Å²) in [5, 5.41) is 0. The van der Waals surface area contributed by atoms with E-state index in [-0.39, 0.29) is 4.75 Å². The van der Waals surface area contributed by atoms with Gasteiger partial charge >= 0.3 is 0 Å². The number of ether oxygens (including phenoxy) is 1. The lowest BCUT2D eigenvalue weighted by Gasteiger charge is -2.20. The summed E-state index contributed by atoms with van der Waals surface area (Å²) in [4.78, 5) is 0. The Kier molecular flexibility index (Phi) is 5.96. The Morgan fingerprint density at radius 2 is 2.00 bits per heavy atom. The number of thiol groups is 1. The Bertz CT molecular complexity index is 377. The highest BCUT2D eigenvalue weighted by molar-refractivity contribution is 7.81. The molecule has 2 N–H and O–H groups in total. The molecule has 18 heavy (non-hydrogen) atoms. The van der Waals surface area contributed by atoms with E-state index in [0.29, 0.717) is 12.3 Å². The van der Waals surface area contributed by atoms with E-state index in [4.69, 9.17) is 10.5 Å². The van der Waals surface area contributed by atoms with Crippen molar-refractivity contribution >= 4 is 12.6 Å². The highest BCUT2D eigenvalue weighted by atomic mass is 32.1. The standard InChI is InChI=1S/C14H22FNOS/c1-14(2,18)12-7-11(5-3-4-6-16)8-13(9-12)17-10-15/h7-9,18H,3-6,10,16H2,1-2H3. The molecule has 4 heteroatoms. The van der Waals surface area contributed by atoms with Crippen LogP contribution >= 0.6 is 12.6 Å². The first kappa shape index (κ1) is 15.3. The third kappa shape index (κ3) is 4.86. The quantitative estimate of drug-likeness (QED) is 0.588. The molecule has 0 saturated heterocycles. The molecule has 0 aliphatic carbocycles. The summed E-state index contributed by atoms with van der Waals surface area (Å²) >= 11 is 4.55. The van der Waals surface area contributed by atoms with Crippen LogP contribution in [-0.4, -0.2) is 13.4 Å². The first-order valence-electron chi connectivity index (χ1n) is 6.23. The first-order valence-corrected chi connectivity index (χ1v) is 6.67. The SMILES string of the molecule is CC(C)(S)c1cc(CCCCN)cc(OCF)c1. The average Bonchev–Trinajstić information content (AvgIpc) is 2.28. The fourth-order valence-electron chi connectivity index (χ4n) is 1.78. The largest absolute Gasteiger partial charge is 0.463 e. The van der Waals surface area contributed by atoms with Gasteiger partial charge in [0.1, 0.15) is 5.75 Å². The van der Waals surface area contributed by atoms with E-state index in [9.17, 15) is 4.39 Å². The molecule has 2 nitrogen and oxygen atoms in total. The fourth-order valence-corrected chi connectivity index (χ4v) is 1.91. The van der Waals surface area contributed by atoms with Gasteiger partial charge in [0.05, 0.1) is 0 Å². The van der Waals surface area contributed by atoms with E-state index in [1.165, 1.54) is 0 Å². The Labute approximate surface area is 114 Å². The third-order valence-electron chi connectivity index (χ3n) is 2.81. The van der Waals surface area contributed by atoms with E-state index in [2.05, 4.69) is 18.7 Å². The zero-order valence-electron chi connectivity index (χ0n) is 11.1. The van der Waals surface area contributed by atoms with Crippen LogP contribution in [0.5, 0.6) is 5.75 Å². The van der Waals surface area contributed by atoms with Crippen LogP contribution in [0, 0.1) is 0 Å². The van der Waals surface area contributed by atoms with Gasteiger partial charge in [-0.1, -0.05) is 6.07 Å². The van der Waals surface area contributed by atoms with Crippen molar-refractivity contribution in [2.75, 3.05) is 13.4 Å². The lowest BCUT2D eigenvalue weighted by molar-refractivity contribution is 0.191. The predicted octanol–water partition coefficient (Wildman–Crippen LogP) is 3.44. The van der Waals surface area contributed by atoms with E-state index in [1.807, 2.05) is 26.0 Å². The van der Waals surface area contributed by atoms with Crippen molar-refractivity contribution in [2.24, 2.45) is 5.73 Å². The van der Waals surface area contributed by atoms with Gasteiger partial charge in [-0.25, -0.2) is 4.39 Å². The monoisotopic (exact) mass is 271 g/mol. The molecular weight excluding hydrogens is 249 g/mol. The van der Waals surface area contributed by atoms with Gasteiger partial charge in [-0.15, -0.1) is 0 Å². The first-order chi connectivity index (χ1) is 8.47. The van der Waals surface area contributed by atoms with Gasteiger partial charge in [0.15, 0.2) is 0 Å². The number of halogens is 1. The number of hydrogen-bond acceptors (Lipinski definition) is 3. The van der Waals surface area contributed by atoms with Crippen molar-refractivity contribution in [3.63, 3.8) is 0 Å². The van der Waals surface area contributed by atoms with E-state index in [0.717, 1.165) is 30.4 Å². The molecule has 1 aromatic rings. The number of benzene rings is 1. The van der Waals surface area contributed by atoms with E-state index < -0.39 is 6.86 Å². The Morgan fingerprint density at radius 3 is 2.56 bits per heavy atom. The van der Waals surface area contributed by atoms with Crippen LogP contribution in [0.4, 0.5) is 4.39 Å². The summed E-state index contributed by atoms with van der Waals surface area (Å²) in [6.45, 7) is 3.91. The number of nitrogens with two attached hydrogens (primary N) is 1. The summed E-state index contributed by atoms with van der Waals surface area (Å²) in [7, 11) is 0. The molecule has 0 amide bonds. The lowest BCUT2D eigenvalue weighted by Crippen LogP contribution is -2.09. The predicted molar refractivity (Wildman–Crippen MR) is 77.0 cm³/mol. The molecule has 1 aromatic carbocycles. The smallest absolute Gasteiger partial charge is 0.228 e. The fraction of sp³-hybridized carbons (Fsp3) is 0.571. The van der Waals surface area contributed by atoms with Crippen LogP contribution in [0.15, 0.2) is 18.2 Å². The molecule has 0 aliphatic heterocycles. The Hall–Kier alpha value is -0.740. The molecule has 1 rings (SSSR count). The maximum atomic E-state index is 12.3. The van der Waals surface area contributed by atoms with Gasteiger partial charge in [-0.2, -0.15) is 12.6 Å². The lowest BCUT2D eigenvalue weighted by atomic mass is 9.97. The van der Waals surface area contributed by atoms with Crippen LogP contribution in [0.3, 0.4) is 0 Å².